The van der Waals surface area contributed by atoms with Gasteiger partial charge in [-0.25, -0.2) is 9.00 Å². The van der Waals surface area contributed by atoms with E-state index < -0.39 is 63.0 Å². The van der Waals surface area contributed by atoms with Gasteiger partial charge in [0.15, 0.2) is 0 Å². The van der Waals surface area contributed by atoms with Gasteiger partial charge < -0.3 is 23.9 Å². The smallest absolute Gasteiger partial charge is 0.342 e. The molecule has 0 saturated heterocycles. The molecule has 15 nitrogen and oxygen atoms in total. The molecule has 0 aromatic heterocycles. The van der Waals surface area contributed by atoms with Gasteiger partial charge in [-0.05, 0) is 48.6 Å². The predicted octanol–water partition coefficient (Wildman–Crippen LogP) is 3.86. The summed E-state index contributed by atoms with van der Waals surface area (Å²) in [5, 5.41) is 18.7. The van der Waals surface area contributed by atoms with E-state index in [1.54, 1.807) is 6.92 Å². The van der Waals surface area contributed by atoms with Gasteiger partial charge in [0.1, 0.15) is 36.4 Å². The Morgan fingerprint density at radius 2 is 1.66 bits per heavy atom. The lowest BCUT2D eigenvalue weighted by atomic mass is 9.97. The van der Waals surface area contributed by atoms with Crippen molar-refractivity contribution in [1.82, 2.24) is 0 Å². The second-order valence-electron chi connectivity index (χ2n) is 9.65. The van der Waals surface area contributed by atoms with E-state index in [4.69, 9.17) is 14.2 Å². The summed E-state index contributed by atoms with van der Waals surface area (Å²) in [6.45, 7) is 4.77. The highest BCUT2D eigenvalue weighted by molar-refractivity contribution is 8.68. The first-order valence-corrected chi connectivity index (χ1v) is 16.2. The number of esters is 3. The summed E-state index contributed by atoms with van der Waals surface area (Å²) in [5.41, 5.74) is 1.51. The van der Waals surface area contributed by atoms with Crippen LogP contribution in [0.25, 0.3) is 0 Å². The van der Waals surface area contributed by atoms with E-state index in [0.29, 0.717) is 11.5 Å². The molecule has 0 saturated carbocycles. The van der Waals surface area contributed by atoms with Crippen LogP contribution in [0.1, 0.15) is 54.6 Å². The Hall–Kier alpha value is -4.25. The van der Waals surface area contributed by atoms with Crippen LogP contribution in [-0.4, -0.2) is 63.6 Å². The maximum absolute atomic E-state index is 12.9. The first kappa shape index (κ1) is 35.9. The van der Waals surface area contributed by atoms with E-state index in [-0.39, 0.29) is 29.4 Å². The molecule has 0 fully saturated rings. The van der Waals surface area contributed by atoms with E-state index in [1.165, 1.54) is 12.3 Å². The van der Waals surface area contributed by atoms with Crippen molar-refractivity contribution in [2.45, 2.75) is 45.6 Å². The molecule has 44 heavy (non-hydrogen) atoms. The number of benzene rings is 2. The Balaban J connectivity index is 2.23. The fraction of sp³-hybridized carbons (Fsp3) is 0.444. The minimum atomic E-state index is -1.69. The highest BCUT2D eigenvalue weighted by Gasteiger charge is 2.25. The first-order chi connectivity index (χ1) is 20.7. The average molecular weight is 657 g/mol. The molecule has 0 N–H and O–H groups in total. The van der Waals surface area contributed by atoms with Gasteiger partial charge in [0.05, 0.1) is 22.2 Å². The summed E-state index contributed by atoms with van der Waals surface area (Å²) in [6.07, 6.45) is -0.200. The fourth-order valence-electron chi connectivity index (χ4n) is 3.68. The summed E-state index contributed by atoms with van der Waals surface area (Å²) in [6, 6.07) is 11.1. The molecular weight excluding hydrogens is 624 g/mol. The SMILES string of the molecule is CC(C)Cc1ccc(C(C)C(=O)Oc2ccc(OC(=O)CC(CO[N+](=O)[O-])O[N+](=O)[O-])c(C(=O)OCCSS(C)=O)c2)cc1. The molecule has 0 bridgehead atoms. The lowest BCUT2D eigenvalue weighted by Gasteiger charge is -2.16. The van der Waals surface area contributed by atoms with Crippen molar-refractivity contribution in [2.75, 3.05) is 25.2 Å². The molecule has 0 spiro atoms. The number of ether oxygens (including phenoxy) is 3. The molecule has 0 amide bonds. The van der Waals surface area contributed by atoms with Crippen LogP contribution in [0.3, 0.4) is 0 Å². The minimum absolute atomic E-state index is 0.0667. The molecular formula is C27H32N2O13S2. The zero-order chi connectivity index (χ0) is 32.8. The zero-order valence-corrected chi connectivity index (χ0v) is 26.0. The Kier molecular flexibility index (Phi) is 14.5. The molecule has 0 radical (unpaired) electrons. The maximum Gasteiger partial charge on any atom is 0.342 e. The van der Waals surface area contributed by atoms with Crippen molar-refractivity contribution >= 4 is 38.5 Å². The van der Waals surface area contributed by atoms with Gasteiger partial charge in [-0.1, -0.05) is 48.9 Å². The molecule has 240 valence electrons. The van der Waals surface area contributed by atoms with Crippen molar-refractivity contribution in [2.24, 2.45) is 5.92 Å². The van der Waals surface area contributed by atoms with Crippen LogP contribution in [0.5, 0.6) is 11.5 Å². The number of carbonyl (C=O) groups is 3. The van der Waals surface area contributed by atoms with Gasteiger partial charge in [0.2, 0.25) is 0 Å². The van der Waals surface area contributed by atoms with Crippen molar-refractivity contribution in [3.8, 4) is 11.5 Å². The lowest BCUT2D eigenvalue weighted by molar-refractivity contribution is -0.789. The third-order valence-electron chi connectivity index (χ3n) is 5.65. The van der Waals surface area contributed by atoms with Gasteiger partial charge in [-0.2, -0.15) is 0 Å². The monoisotopic (exact) mass is 656 g/mol. The fourth-order valence-corrected chi connectivity index (χ4v) is 4.98. The van der Waals surface area contributed by atoms with Crippen LogP contribution in [0.15, 0.2) is 42.5 Å². The van der Waals surface area contributed by atoms with E-state index >= 15 is 0 Å². The number of carbonyl (C=O) groups excluding carboxylic acids is 3. The van der Waals surface area contributed by atoms with Crippen molar-refractivity contribution < 1.29 is 52.7 Å². The van der Waals surface area contributed by atoms with Gasteiger partial charge in [0.25, 0.3) is 10.2 Å². The third-order valence-corrected chi connectivity index (χ3v) is 7.81. The van der Waals surface area contributed by atoms with Crippen molar-refractivity contribution in [3.63, 3.8) is 0 Å². The standard InChI is InChI=1S/C27H32N2O13S2/c1-17(2)13-19-5-7-20(8-6-19)18(3)26(31)40-21-9-10-24(23(14-21)27(32)38-11-12-43-44(4)37)41-25(30)15-22(42-29(35)36)16-39-28(33)34/h5-10,14,17-18,22H,11-13,15-16H2,1-4H3. The number of nitrogens with zero attached hydrogens (tertiary/aromatic N) is 2. The summed E-state index contributed by atoms with van der Waals surface area (Å²) >= 11 is 0. The number of hydrogen-bond donors (Lipinski definition) is 0. The number of hydrogen-bond acceptors (Lipinski definition) is 14. The van der Waals surface area contributed by atoms with Crippen LogP contribution < -0.4 is 9.47 Å². The van der Waals surface area contributed by atoms with Crippen molar-refractivity contribution in [3.05, 3.63) is 79.4 Å². The molecule has 3 unspecified atom stereocenters. The van der Waals surface area contributed by atoms with Crippen LogP contribution in [0, 0.1) is 26.1 Å². The molecule has 0 aliphatic carbocycles. The average Bonchev–Trinajstić information content (AvgIpc) is 2.94. The molecule has 2 rings (SSSR count). The Bertz CT molecular complexity index is 1350. The van der Waals surface area contributed by atoms with Crippen LogP contribution in [0.2, 0.25) is 0 Å². The molecule has 2 aromatic rings. The molecule has 3 atom stereocenters. The molecule has 0 aliphatic rings. The Morgan fingerprint density at radius 3 is 2.25 bits per heavy atom. The van der Waals surface area contributed by atoms with Gasteiger partial charge in [-0.3, -0.25) is 9.59 Å². The highest BCUT2D eigenvalue weighted by atomic mass is 33.1. The maximum atomic E-state index is 12.9. The van der Waals surface area contributed by atoms with E-state index in [1.807, 2.05) is 24.3 Å². The summed E-state index contributed by atoms with van der Waals surface area (Å²) < 4.78 is 27.1. The van der Waals surface area contributed by atoms with E-state index in [2.05, 4.69) is 23.5 Å². The molecule has 2 aromatic carbocycles. The zero-order valence-electron chi connectivity index (χ0n) is 24.3. The Morgan fingerprint density at radius 1 is 0.977 bits per heavy atom. The molecule has 17 heteroatoms. The van der Waals surface area contributed by atoms with Gasteiger partial charge in [-0.15, -0.1) is 20.2 Å². The highest BCUT2D eigenvalue weighted by Crippen LogP contribution is 2.28. The van der Waals surface area contributed by atoms with E-state index in [0.717, 1.165) is 34.9 Å². The topological polar surface area (TPSA) is 201 Å². The predicted molar refractivity (Wildman–Crippen MR) is 157 cm³/mol. The normalized spacial score (nSPS) is 12.8. The minimum Gasteiger partial charge on any atom is -0.461 e. The Labute approximate surface area is 258 Å². The van der Waals surface area contributed by atoms with Crippen molar-refractivity contribution in [1.29, 1.82) is 0 Å². The third kappa shape index (κ3) is 12.9. The summed E-state index contributed by atoms with van der Waals surface area (Å²) in [7, 11) is -0.172. The summed E-state index contributed by atoms with van der Waals surface area (Å²) in [4.78, 5) is 67.8. The largest absolute Gasteiger partial charge is 0.461 e. The van der Waals surface area contributed by atoms with Gasteiger partial charge in [0, 0.05) is 12.0 Å². The molecule has 0 heterocycles. The van der Waals surface area contributed by atoms with E-state index in [9.17, 15) is 38.8 Å². The second kappa shape index (κ2) is 17.8. The van der Waals surface area contributed by atoms with Crippen LogP contribution in [-0.2, 0) is 40.3 Å². The first-order valence-electron chi connectivity index (χ1n) is 13.1. The quantitative estimate of drug-likeness (QED) is 0.0559. The van der Waals surface area contributed by atoms with Gasteiger partial charge >= 0.3 is 17.9 Å². The number of rotatable bonds is 18. The second-order valence-corrected chi connectivity index (χ2v) is 13.2. The van der Waals surface area contributed by atoms with Crippen LogP contribution >= 0.6 is 10.8 Å². The molecule has 0 aliphatic heterocycles. The lowest BCUT2D eigenvalue weighted by Crippen LogP contribution is -2.29. The van der Waals surface area contributed by atoms with Crippen LogP contribution in [0.4, 0.5) is 0 Å². The summed E-state index contributed by atoms with van der Waals surface area (Å²) in [5.74, 6) is -3.17.